The minimum Gasteiger partial charge on any atom is -0.317 e. The van der Waals surface area contributed by atoms with E-state index < -0.39 is 0 Å². The molecule has 2 aromatic rings. The fraction of sp³-hybridized carbons (Fsp3) is 0.467. The van der Waals surface area contributed by atoms with Gasteiger partial charge in [-0.25, -0.2) is 4.39 Å². The highest BCUT2D eigenvalue weighted by atomic mass is 35.5. The molecule has 0 bridgehead atoms. The van der Waals surface area contributed by atoms with Crippen LogP contribution in [0.1, 0.15) is 48.9 Å². The molecule has 112 valence electrons. The van der Waals surface area contributed by atoms with Gasteiger partial charge in [0.15, 0.2) is 0 Å². The normalized spacial score (nSPS) is 16.2. The first kappa shape index (κ1) is 14.5. The molecule has 1 saturated carbocycles. The average molecular weight is 309 g/mol. The second kappa shape index (κ2) is 5.73. The van der Waals surface area contributed by atoms with Crippen molar-refractivity contribution < 1.29 is 4.39 Å². The van der Waals surface area contributed by atoms with Gasteiger partial charge in [-0.3, -0.25) is 0 Å². The van der Waals surface area contributed by atoms with Gasteiger partial charge in [0, 0.05) is 29.6 Å². The Kier molecular flexibility index (Phi) is 3.95. The zero-order valence-corrected chi connectivity index (χ0v) is 12.9. The molecule has 0 aliphatic heterocycles. The van der Waals surface area contributed by atoms with E-state index in [1.807, 2.05) is 18.5 Å². The minimum absolute atomic E-state index is 0.195. The van der Waals surface area contributed by atoms with Crippen LogP contribution in [0, 0.1) is 5.82 Å². The van der Waals surface area contributed by atoms with E-state index in [0.717, 1.165) is 11.6 Å². The number of benzene rings is 1. The Morgan fingerprint density at radius 1 is 1.43 bits per heavy atom. The summed E-state index contributed by atoms with van der Waals surface area (Å²) in [6.07, 6.45) is 2.39. The van der Waals surface area contributed by atoms with Gasteiger partial charge < -0.3 is 9.88 Å². The number of hydrogen-bond acceptors (Lipinski definition) is 3. The fourth-order valence-corrected chi connectivity index (χ4v) is 2.82. The molecule has 1 atom stereocenters. The second-order valence-corrected chi connectivity index (χ2v) is 5.95. The molecule has 1 aromatic heterocycles. The second-order valence-electron chi connectivity index (χ2n) is 5.55. The summed E-state index contributed by atoms with van der Waals surface area (Å²) >= 11 is 6.08. The van der Waals surface area contributed by atoms with E-state index in [2.05, 4.69) is 15.5 Å². The third-order valence-electron chi connectivity index (χ3n) is 3.94. The maximum Gasteiger partial charge on any atom is 0.146 e. The SMILES string of the molecule is C[C@H](NCc1nnc(C2CC2)n1C)c1c(F)cccc1Cl. The molecule has 1 heterocycles. The first-order valence-electron chi connectivity index (χ1n) is 7.13. The first-order chi connectivity index (χ1) is 10.1. The molecule has 6 heteroatoms. The van der Waals surface area contributed by atoms with Gasteiger partial charge >= 0.3 is 0 Å². The van der Waals surface area contributed by atoms with Crippen molar-refractivity contribution in [2.75, 3.05) is 0 Å². The Bertz CT molecular complexity index is 631. The molecule has 1 aliphatic rings. The lowest BCUT2D eigenvalue weighted by atomic mass is 10.1. The summed E-state index contributed by atoms with van der Waals surface area (Å²) in [7, 11) is 1.98. The van der Waals surface area contributed by atoms with Crippen molar-refractivity contribution in [1.82, 2.24) is 20.1 Å². The van der Waals surface area contributed by atoms with Crippen LogP contribution in [0.5, 0.6) is 0 Å². The summed E-state index contributed by atoms with van der Waals surface area (Å²) < 4.78 is 15.9. The van der Waals surface area contributed by atoms with Gasteiger partial charge in [0.2, 0.25) is 0 Å². The van der Waals surface area contributed by atoms with Gasteiger partial charge in [-0.1, -0.05) is 17.7 Å². The number of hydrogen-bond donors (Lipinski definition) is 1. The summed E-state index contributed by atoms with van der Waals surface area (Å²) in [4.78, 5) is 0. The Morgan fingerprint density at radius 2 is 2.19 bits per heavy atom. The molecular formula is C15H18ClFN4. The molecule has 0 spiro atoms. The van der Waals surface area contributed by atoms with E-state index in [4.69, 9.17) is 11.6 Å². The highest BCUT2D eigenvalue weighted by Crippen LogP contribution is 2.38. The zero-order chi connectivity index (χ0) is 15.0. The molecule has 1 fully saturated rings. The van der Waals surface area contributed by atoms with Crippen molar-refractivity contribution in [3.8, 4) is 0 Å². The van der Waals surface area contributed by atoms with Crippen LogP contribution < -0.4 is 5.32 Å². The molecule has 1 aromatic carbocycles. The monoisotopic (exact) mass is 308 g/mol. The number of nitrogens with zero attached hydrogens (tertiary/aromatic N) is 3. The molecule has 1 aliphatic carbocycles. The topological polar surface area (TPSA) is 42.7 Å². The quantitative estimate of drug-likeness (QED) is 0.921. The Morgan fingerprint density at radius 3 is 2.86 bits per heavy atom. The summed E-state index contributed by atoms with van der Waals surface area (Å²) in [5.74, 6) is 2.17. The van der Waals surface area contributed by atoms with Crippen LogP contribution in [-0.4, -0.2) is 14.8 Å². The zero-order valence-electron chi connectivity index (χ0n) is 12.1. The molecule has 3 rings (SSSR count). The maximum atomic E-state index is 13.9. The third kappa shape index (κ3) is 2.94. The standard InChI is InChI=1S/C15H18ClFN4/c1-9(14-11(16)4-3-5-12(14)17)18-8-13-19-20-15(21(13)2)10-6-7-10/h3-5,9-10,18H,6-8H2,1-2H3/t9-/m0/s1. The Labute approximate surface area is 128 Å². The van der Waals surface area contributed by atoms with E-state index in [1.54, 1.807) is 12.1 Å². The lowest BCUT2D eigenvalue weighted by Gasteiger charge is -2.16. The van der Waals surface area contributed by atoms with Gasteiger partial charge in [-0.15, -0.1) is 10.2 Å². The fourth-order valence-electron chi connectivity index (χ4n) is 2.50. The third-order valence-corrected chi connectivity index (χ3v) is 4.27. The molecule has 0 unspecified atom stereocenters. The molecule has 4 nitrogen and oxygen atoms in total. The predicted molar refractivity (Wildman–Crippen MR) is 79.6 cm³/mol. The van der Waals surface area contributed by atoms with Gasteiger partial charge in [-0.05, 0) is 31.9 Å². The van der Waals surface area contributed by atoms with Gasteiger partial charge in [0.25, 0.3) is 0 Å². The van der Waals surface area contributed by atoms with Crippen molar-refractivity contribution in [3.05, 3.63) is 46.3 Å². The van der Waals surface area contributed by atoms with Crippen LogP contribution in [0.3, 0.4) is 0 Å². The number of halogens is 2. The van der Waals surface area contributed by atoms with Crippen LogP contribution >= 0.6 is 11.6 Å². The molecule has 0 saturated heterocycles. The smallest absolute Gasteiger partial charge is 0.146 e. The van der Waals surface area contributed by atoms with Crippen molar-refractivity contribution >= 4 is 11.6 Å². The highest BCUT2D eigenvalue weighted by Gasteiger charge is 2.29. The maximum absolute atomic E-state index is 13.9. The highest BCUT2D eigenvalue weighted by molar-refractivity contribution is 6.31. The van der Waals surface area contributed by atoms with Gasteiger partial charge in [0.05, 0.1) is 6.54 Å². The molecular weight excluding hydrogens is 291 g/mol. The average Bonchev–Trinajstić information content (AvgIpc) is 3.21. The lowest BCUT2D eigenvalue weighted by molar-refractivity contribution is 0.513. The van der Waals surface area contributed by atoms with E-state index in [0.29, 0.717) is 23.0 Å². The van der Waals surface area contributed by atoms with Crippen LogP contribution in [0.2, 0.25) is 5.02 Å². The molecule has 0 radical (unpaired) electrons. The van der Waals surface area contributed by atoms with Crippen LogP contribution in [0.15, 0.2) is 18.2 Å². The molecule has 1 N–H and O–H groups in total. The van der Waals surface area contributed by atoms with E-state index in [1.165, 1.54) is 18.9 Å². The van der Waals surface area contributed by atoms with Crippen molar-refractivity contribution in [2.24, 2.45) is 7.05 Å². The number of rotatable bonds is 5. The summed E-state index contributed by atoms with van der Waals surface area (Å²) in [5.41, 5.74) is 0.490. The Balaban J connectivity index is 1.70. The summed E-state index contributed by atoms with van der Waals surface area (Å²) in [6.45, 7) is 2.42. The van der Waals surface area contributed by atoms with Crippen LogP contribution in [0.25, 0.3) is 0 Å². The predicted octanol–water partition coefficient (Wildman–Crippen LogP) is 3.34. The van der Waals surface area contributed by atoms with Crippen LogP contribution in [0.4, 0.5) is 4.39 Å². The minimum atomic E-state index is -0.292. The summed E-state index contributed by atoms with van der Waals surface area (Å²) in [6, 6.07) is 4.54. The molecule has 0 amide bonds. The van der Waals surface area contributed by atoms with Gasteiger partial charge in [0.1, 0.15) is 17.5 Å². The van der Waals surface area contributed by atoms with Crippen LogP contribution in [-0.2, 0) is 13.6 Å². The van der Waals surface area contributed by atoms with E-state index in [9.17, 15) is 4.39 Å². The Hall–Kier alpha value is -1.46. The van der Waals surface area contributed by atoms with E-state index in [-0.39, 0.29) is 11.9 Å². The van der Waals surface area contributed by atoms with E-state index >= 15 is 0 Å². The molecule has 21 heavy (non-hydrogen) atoms. The number of nitrogens with one attached hydrogen (secondary N) is 1. The van der Waals surface area contributed by atoms with Crippen molar-refractivity contribution in [2.45, 2.75) is 38.3 Å². The number of aromatic nitrogens is 3. The first-order valence-corrected chi connectivity index (χ1v) is 7.51. The lowest BCUT2D eigenvalue weighted by Crippen LogP contribution is -2.21. The van der Waals surface area contributed by atoms with Gasteiger partial charge in [-0.2, -0.15) is 0 Å². The largest absolute Gasteiger partial charge is 0.317 e. The van der Waals surface area contributed by atoms with Crippen molar-refractivity contribution in [1.29, 1.82) is 0 Å². The summed E-state index contributed by atoms with van der Waals surface area (Å²) in [5, 5.41) is 12.1. The van der Waals surface area contributed by atoms with Crippen molar-refractivity contribution in [3.63, 3.8) is 0 Å².